The van der Waals surface area contributed by atoms with Crippen LogP contribution in [0.4, 0.5) is 0 Å². The highest BCUT2D eigenvalue weighted by Crippen LogP contribution is 2.13. The van der Waals surface area contributed by atoms with E-state index < -0.39 is 0 Å². The maximum Gasteiger partial charge on any atom is 0.191 e. The zero-order chi connectivity index (χ0) is 19.5. The Morgan fingerprint density at radius 3 is 2.58 bits per heavy atom. The van der Waals surface area contributed by atoms with Gasteiger partial charge in [-0.05, 0) is 33.1 Å². The van der Waals surface area contributed by atoms with Crippen LogP contribution in [0.2, 0.25) is 0 Å². The highest BCUT2D eigenvalue weighted by Gasteiger charge is 2.14. The molecule has 7 nitrogen and oxygen atoms in total. The second-order valence-corrected chi connectivity index (χ2v) is 6.74. The van der Waals surface area contributed by atoms with Crippen molar-refractivity contribution in [3.63, 3.8) is 0 Å². The minimum Gasteiger partial charge on any atom is -0.383 e. The Morgan fingerprint density at radius 1 is 1.27 bits per heavy atom. The summed E-state index contributed by atoms with van der Waals surface area (Å²) in [4.78, 5) is 4.31. The lowest BCUT2D eigenvalue weighted by Gasteiger charge is -2.21. The van der Waals surface area contributed by atoms with E-state index >= 15 is 0 Å². The summed E-state index contributed by atoms with van der Waals surface area (Å²) in [6.45, 7) is 14.3. The van der Waals surface area contributed by atoms with Crippen molar-refractivity contribution in [3.8, 4) is 0 Å². The van der Waals surface area contributed by atoms with Crippen molar-refractivity contribution in [2.45, 2.75) is 60.2 Å². The minimum absolute atomic E-state index is 0.272. The first-order valence-electron chi connectivity index (χ1n) is 9.52. The molecule has 0 aromatic carbocycles. The summed E-state index contributed by atoms with van der Waals surface area (Å²) in [5.74, 6) is 1.31. The first-order valence-corrected chi connectivity index (χ1v) is 9.52. The SMILES string of the molecule is CCOC(CCNC(=NC)NCc1c(C)nn(CCOC)c1C)C(C)C. The van der Waals surface area contributed by atoms with Gasteiger partial charge in [0.25, 0.3) is 0 Å². The molecule has 0 fully saturated rings. The molecule has 1 rings (SSSR count). The van der Waals surface area contributed by atoms with Crippen LogP contribution in [-0.4, -0.2) is 55.8 Å². The highest BCUT2D eigenvalue weighted by molar-refractivity contribution is 5.79. The standard InChI is InChI=1S/C19H37N5O2/c1-8-26-18(14(2)3)9-10-21-19(20-6)22-13-17-15(4)23-24(16(17)5)11-12-25-7/h14,18H,8-13H2,1-7H3,(H2,20,21,22). The fourth-order valence-corrected chi connectivity index (χ4v) is 2.93. The number of rotatable bonds is 11. The Balaban J connectivity index is 2.53. The molecule has 0 bridgehead atoms. The first-order chi connectivity index (χ1) is 12.4. The quantitative estimate of drug-likeness (QED) is 0.464. The highest BCUT2D eigenvalue weighted by atomic mass is 16.5. The molecule has 0 aliphatic heterocycles. The van der Waals surface area contributed by atoms with Gasteiger partial charge < -0.3 is 20.1 Å². The van der Waals surface area contributed by atoms with Gasteiger partial charge in [-0.25, -0.2) is 0 Å². The summed E-state index contributed by atoms with van der Waals surface area (Å²) in [5, 5.41) is 11.4. The summed E-state index contributed by atoms with van der Waals surface area (Å²) in [7, 11) is 3.50. The zero-order valence-corrected chi connectivity index (χ0v) is 17.6. The van der Waals surface area contributed by atoms with Gasteiger partial charge in [-0.1, -0.05) is 13.8 Å². The number of methoxy groups -OCH3 is 1. The first kappa shape index (κ1) is 22.4. The van der Waals surface area contributed by atoms with Crippen LogP contribution < -0.4 is 10.6 Å². The molecule has 1 unspecified atom stereocenters. The number of ether oxygens (including phenoxy) is 2. The Labute approximate surface area is 158 Å². The average Bonchev–Trinajstić information content (AvgIpc) is 2.88. The summed E-state index contributed by atoms with van der Waals surface area (Å²) in [6, 6.07) is 0. The van der Waals surface area contributed by atoms with Gasteiger partial charge in [0.2, 0.25) is 0 Å². The predicted octanol–water partition coefficient (Wildman–Crippen LogP) is 2.26. The van der Waals surface area contributed by atoms with E-state index in [0.717, 1.165) is 37.8 Å². The molecule has 1 aromatic heterocycles. The largest absolute Gasteiger partial charge is 0.383 e. The molecular weight excluding hydrogens is 330 g/mol. The summed E-state index contributed by atoms with van der Waals surface area (Å²) < 4.78 is 12.9. The van der Waals surface area contributed by atoms with Gasteiger partial charge in [-0.2, -0.15) is 5.10 Å². The van der Waals surface area contributed by atoms with E-state index in [0.29, 0.717) is 19.1 Å². The van der Waals surface area contributed by atoms with Crippen molar-refractivity contribution in [1.29, 1.82) is 0 Å². The van der Waals surface area contributed by atoms with E-state index in [4.69, 9.17) is 9.47 Å². The fraction of sp³-hybridized carbons (Fsp3) is 0.789. The summed E-state index contributed by atoms with van der Waals surface area (Å²) in [6.07, 6.45) is 1.23. The molecule has 2 N–H and O–H groups in total. The molecule has 0 saturated carbocycles. The third-order valence-electron chi connectivity index (χ3n) is 4.54. The molecule has 0 amide bonds. The molecule has 0 radical (unpaired) electrons. The second kappa shape index (κ2) is 11.9. The number of hydrogen-bond donors (Lipinski definition) is 2. The topological polar surface area (TPSA) is 72.7 Å². The third kappa shape index (κ3) is 6.96. The maximum atomic E-state index is 5.79. The number of nitrogens with one attached hydrogen (secondary N) is 2. The van der Waals surface area contributed by atoms with Gasteiger partial charge in [0.1, 0.15) is 0 Å². The molecule has 1 atom stereocenters. The predicted molar refractivity (Wildman–Crippen MR) is 107 cm³/mol. The lowest BCUT2D eigenvalue weighted by molar-refractivity contribution is 0.0258. The fourth-order valence-electron chi connectivity index (χ4n) is 2.93. The van der Waals surface area contributed by atoms with Gasteiger partial charge in [0, 0.05) is 45.1 Å². The van der Waals surface area contributed by atoms with E-state index in [1.807, 2.05) is 18.5 Å². The molecule has 1 aromatic rings. The van der Waals surface area contributed by atoms with Crippen LogP contribution in [0.15, 0.2) is 4.99 Å². The Bertz CT molecular complexity index is 554. The molecule has 0 aliphatic carbocycles. The van der Waals surface area contributed by atoms with Crippen molar-refractivity contribution < 1.29 is 9.47 Å². The van der Waals surface area contributed by atoms with Gasteiger partial charge in [0.05, 0.1) is 24.9 Å². The van der Waals surface area contributed by atoms with Crippen LogP contribution in [0.25, 0.3) is 0 Å². The van der Waals surface area contributed by atoms with Crippen LogP contribution in [-0.2, 0) is 22.6 Å². The molecule has 150 valence electrons. The zero-order valence-electron chi connectivity index (χ0n) is 17.6. The van der Waals surface area contributed by atoms with Crippen LogP contribution >= 0.6 is 0 Å². The van der Waals surface area contributed by atoms with E-state index in [9.17, 15) is 0 Å². The van der Waals surface area contributed by atoms with Gasteiger partial charge in [0.15, 0.2) is 5.96 Å². The van der Waals surface area contributed by atoms with Gasteiger partial charge >= 0.3 is 0 Å². The smallest absolute Gasteiger partial charge is 0.191 e. The lowest BCUT2D eigenvalue weighted by Crippen LogP contribution is -2.39. The molecule has 1 heterocycles. The summed E-state index contributed by atoms with van der Waals surface area (Å²) in [5.41, 5.74) is 3.41. The van der Waals surface area contributed by atoms with Gasteiger partial charge in [-0.3, -0.25) is 9.67 Å². The Kier molecular flexibility index (Phi) is 10.3. The van der Waals surface area contributed by atoms with Crippen molar-refractivity contribution in [1.82, 2.24) is 20.4 Å². The van der Waals surface area contributed by atoms with E-state index in [1.165, 1.54) is 11.3 Å². The molecule has 0 aliphatic rings. The number of aliphatic imine (C=N–C) groups is 1. The molecule has 0 saturated heterocycles. The normalized spacial score (nSPS) is 13.3. The molecule has 0 spiro atoms. The van der Waals surface area contributed by atoms with Crippen LogP contribution in [0.1, 0.15) is 44.1 Å². The van der Waals surface area contributed by atoms with E-state index in [-0.39, 0.29) is 6.10 Å². The van der Waals surface area contributed by atoms with Crippen molar-refractivity contribution >= 4 is 5.96 Å². The van der Waals surface area contributed by atoms with Crippen molar-refractivity contribution in [2.75, 3.05) is 33.9 Å². The number of guanidine groups is 1. The monoisotopic (exact) mass is 367 g/mol. The molecular formula is C19H37N5O2. The molecule has 7 heteroatoms. The van der Waals surface area contributed by atoms with Crippen LogP contribution in [0.3, 0.4) is 0 Å². The third-order valence-corrected chi connectivity index (χ3v) is 4.54. The van der Waals surface area contributed by atoms with E-state index in [1.54, 1.807) is 14.2 Å². The Morgan fingerprint density at radius 2 is 2.00 bits per heavy atom. The number of aromatic nitrogens is 2. The van der Waals surface area contributed by atoms with E-state index in [2.05, 4.69) is 41.5 Å². The molecule has 26 heavy (non-hydrogen) atoms. The summed E-state index contributed by atoms with van der Waals surface area (Å²) >= 11 is 0. The maximum absolute atomic E-state index is 5.79. The van der Waals surface area contributed by atoms with Crippen LogP contribution in [0.5, 0.6) is 0 Å². The average molecular weight is 368 g/mol. The van der Waals surface area contributed by atoms with Crippen LogP contribution in [0, 0.1) is 19.8 Å². The second-order valence-electron chi connectivity index (χ2n) is 6.74. The number of nitrogens with zero attached hydrogens (tertiary/aromatic N) is 3. The van der Waals surface area contributed by atoms with Crippen molar-refractivity contribution in [2.24, 2.45) is 10.9 Å². The van der Waals surface area contributed by atoms with Crippen molar-refractivity contribution in [3.05, 3.63) is 17.0 Å². The minimum atomic E-state index is 0.272. The number of hydrogen-bond acceptors (Lipinski definition) is 4. The Hall–Kier alpha value is -1.60. The number of aryl methyl sites for hydroxylation is 1. The van der Waals surface area contributed by atoms with Gasteiger partial charge in [-0.15, -0.1) is 0 Å². The lowest BCUT2D eigenvalue weighted by atomic mass is 10.0.